The summed E-state index contributed by atoms with van der Waals surface area (Å²) in [5.41, 5.74) is 29.4. The lowest BCUT2D eigenvalue weighted by molar-refractivity contribution is -0.141. The predicted octanol–water partition coefficient (Wildman–Crippen LogP) is -4.11. The van der Waals surface area contributed by atoms with Gasteiger partial charge in [-0.05, 0) is 89.4 Å². The zero-order valence-electron chi connectivity index (χ0n) is 38.4. The number of H-pyrrole nitrogens is 1. The number of carbonyl (C=O) groups excluding carboxylic acids is 8. The number of guanidine groups is 1. The summed E-state index contributed by atoms with van der Waals surface area (Å²) < 4.78 is 0. The molecular formula is C42H69N15O10S. The molecular weight excluding hydrogens is 907 g/mol. The molecule has 0 saturated heterocycles. The Morgan fingerprint density at radius 1 is 0.676 bits per heavy atom. The van der Waals surface area contributed by atoms with Crippen molar-refractivity contribution in [3.8, 4) is 0 Å². The van der Waals surface area contributed by atoms with Crippen LogP contribution in [0.2, 0.25) is 0 Å². The van der Waals surface area contributed by atoms with Crippen molar-refractivity contribution in [2.45, 2.75) is 120 Å². The van der Waals surface area contributed by atoms with Gasteiger partial charge in [-0.2, -0.15) is 12.6 Å². The van der Waals surface area contributed by atoms with Gasteiger partial charge in [0.2, 0.25) is 47.3 Å². The molecule has 0 unspecified atom stereocenters. The van der Waals surface area contributed by atoms with E-state index in [1.165, 1.54) is 13.8 Å². The summed E-state index contributed by atoms with van der Waals surface area (Å²) in [5, 5.41) is 30.8. The SMILES string of the molecule is CC(=O)NCN[C@@H](Cc1c[nH]c2ccccc12)C(=O)N[C@@H](CC(N)=O)C(=O)N[C@@H](CCCN=C(N)N)C(=O)N[C@@H](CCCCN)C(=O)N[C@@H](CCCCN)C(=O)N[C@@H](C)C(=O)N[C@@H](CS)C(=O)O. The van der Waals surface area contributed by atoms with E-state index in [1.54, 1.807) is 6.20 Å². The van der Waals surface area contributed by atoms with Gasteiger partial charge in [0, 0.05) is 36.3 Å². The van der Waals surface area contributed by atoms with Crippen molar-refractivity contribution in [2.24, 2.45) is 33.7 Å². The largest absolute Gasteiger partial charge is 0.480 e. The van der Waals surface area contributed by atoms with Gasteiger partial charge in [-0.25, -0.2) is 4.79 Å². The van der Waals surface area contributed by atoms with Crippen LogP contribution < -0.4 is 71.2 Å². The number of amides is 8. The second-order valence-corrected chi connectivity index (χ2v) is 16.3. The van der Waals surface area contributed by atoms with Gasteiger partial charge in [0.05, 0.1) is 19.1 Å². The molecule has 25 nitrogen and oxygen atoms in total. The summed E-state index contributed by atoms with van der Waals surface area (Å²) in [4.78, 5) is 125. The quantitative estimate of drug-likeness (QED) is 0.0106. The number of aliphatic imine (C=N–C) groups is 1. The number of para-hydroxylation sites is 1. The number of benzene rings is 1. The molecule has 0 aliphatic rings. The van der Waals surface area contributed by atoms with Crippen LogP contribution in [-0.4, -0.2) is 144 Å². The summed E-state index contributed by atoms with van der Waals surface area (Å²) in [7, 11) is 0. The van der Waals surface area contributed by atoms with Crippen LogP contribution in [0.5, 0.6) is 0 Å². The van der Waals surface area contributed by atoms with E-state index in [0.29, 0.717) is 25.7 Å². The number of hydrogen-bond acceptors (Lipinski definition) is 14. The molecule has 2 rings (SSSR count). The molecule has 0 aliphatic heterocycles. The van der Waals surface area contributed by atoms with Crippen LogP contribution in [0.4, 0.5) is 0 Å². The molecule has 0 radical (unpaired) electrons. The van der Waals surface area contributed by atoms with Gasteiger partial charge in [-0.1, -0.05) is 18.2 Å². The Bertz CT molecular complexity index is 2050. The predicted molar refractivity (Wildman–Crippen MR) is 256 cm³/mol. The first-order chi connectivity index (χ1) is 32.3. The second kappa shape index (κ2) is 30.7. The number of fused-ring (bicyclic) bond motifs is 1. The van der Waals surface area contributed by atoms with Gasteiger partial charge in [0.1, 0.15) is 36.3 Å². The zero-order chi connectivity index (χ0) is 50.8. The van der Waals surface area contributed by atoms with Crippen molar-refractivity contribution in [1.29, 1.82) is 0 Å². The average molecular weight is 976 g/mol. The Morgan fingerprint density at radius 3 is 1.69 bits per heavy atom. The maximum absolute atomic E-state index is 14.2. The summed E-state index contributed by atoms with van der Waals surface area (Å²) >= 11 is 3.93. The maximum atomic E-state index is 14.2. The molecule has 0 saturated carbocycles. The van der Waals surface area contributed by atoms with Crippen molar-refractivity contribution in [3.63, 3.8) is 0 Å². The third-order valence-corrected chi connectivity index (χ3v) is 10.8. The van der Waals surface area contributed by atoms with Crippen molar-refractivity contribution < 1.29 is 48.3 Å². The van der Waals surface area contributed by atoms with Crippen molar-refractivity contribution >= 4 is 82.7 Å². The zero-order valence-corrected chi connectivity index (χ0v) is 39.3. The van der Waals surface area contributed by atoms with Crippen molar-refractivity contribution in [1.82, 2.24) is 47.5 Å². The Morgan fingerprint density at radius 2 is 1.18 bits per heavy atom. The Labute approximate surface area is 399 Å². The number of aromatic nitrogens is 1. The number of aromatic amines is 1. The molecule has 68 heavy (non-hydrogen) atoms. The third-order valence-electron chi connectivity index (χ3n) is 10.4. The number of rotatable bonds is 33. The minimum absolute atomic E-state index is 0.0287. The number of carboxylic acid groups (broad SMARTS) is 1. The molecule has 0 bridgehead atoms. The number of unbranched alkanes of at least 4 members (excludes halogenated alkanes) is 2. The van der Waals surface area contributed by atoms with Crippen molar-refractivity contribution in [2.75, 3.05) is 32.1 Å². The van der Waals surface area contributed by atoms with E-state index in [9.17, 15) is 48.3 Å². The van der Waals surface area contributed by atoms with Gasteiger partial charge in [0.25, 0.3) is 0 Å². The van der Waals surface area contributed by atoms with Crippen LogP contribution in [0.1, 0.15) is 77.2 Å². The standard InChI is InChI=1S/C42H69N15O10S/c1-23(35(60)57-33(21-68)41(66)67)52-36(61)28(12-5-7-15-43)53-37(62)29(13-6-8-16-44)54-38(63)30(14-9-17-48-42(46)47)55-40(65)32(19-34(45)59)56-39(64)31(51-22-50-24(2)58)18-25-20-49-27-11-4-3-10-26(25)27/h3-4,10-11,20,23,28-33,49,51,68H,5-9,12-19,21-22,43-44H2,1-2H3,(H2,45,59)(H,50,58)(H,52,61)(H,53,62)(H,54,63)(H,55,65)(H,56,64)(H,57,60)(H,66,67)(H4,46,47,48)/t23-,28-,29-,30-,31-,32-,33-/m0/s1. The van der Waals surface area contributed by atoms with E-state index in [0.717, 1.165) is 16.5 Å². The normalized spacial score (nSPS) is 14.1. The summed E-state index contributed by atoms with van der Waals surface area (Å²) in [6.07, 6.45) is 2.89. The average Bonchev–Trinajstić information content (AvgIpc) is 3.69. The minimum Gasteiger partial charge on any atom is -0.480 e. The smallest absolute Gasteiger partial charge is 0.327 e. The summed E-state index contributed by atoms with van der Waals surface area (Å²) in [5.74, 6) is -8.06. The van der Waals surface area contributed by atoms with E-state index in [1.807, 2.05) is 24.3 Å². The number of nitrogens with zero attached hydrogens (tertiary/aromatic N) is 1. The highest BCUT2D eigenvalue weighted by Crippen LogP contribution is 2.19. The first kappa shape index (κ1) is 57.6. The van der Waals surface area contributed by atoms with Gasteiger partial charge in [-0.3, -0.25) is 48.7 Å². The Kier molecular flexibility index (Phi) is 26.0. The highest BCUT2D eigenvalue weighted by Gasteiger charge is 2.34. The maximum Gasteiger partial charge on any atom is 0.327 e. The molecule has 0 fully saturated rings. The van der Waals surface area contributed by atoms with Gasteiger partial charge >= 0.3 is 5.97 Å². The second-order valence-electron chi connectivity index (χ2n) is 16.0. The fourth-order valence-electron chi connectivity index (χ4n) is 6.73. The molecule has 26 heteroatoms. The third kappa shape index (κ3) is 21.0. The summed E-state index contributed by atoms with van der Waals surface area (Å²) in [6.45, 7) is 3.06. The molecule has 1 aromatic heterocycles. The number of aliphatic carboxylic acids is 1. The highest BCUT2D eigenvalue weighted by atomic mass is 32.1. The fourth-order valence-corrected chi connectivity index (χ4v) is 6.98. The molecule has 7 atom stereocenters. The van der Waals surface area contributed by atoms with Gasteiger partial charge in [-0.15, -0.1) is 0 Å². The topological polar surface area (TPSA) is 428 Å². The first-order valence-corrected chi connectivity index (χ1v) is 22.9. The minimum atomic E-state index is -1.60. The van der Waals surface area contributed by atoms with E-state index in [-0.39, 0.29) is 76.0 Å². The van der Waals surface area contributed by atoms with Crippen LogP contribution in [0.3, 0.4) is 0 Å². The van der Waals surface area contributed by atoms with E-state index in [2.05, 4.69) is 65.1 Å². The lowest BCUT2D eigenvalue weighted by Gasteiger charge is -2.27. The van der Waals surface area contributed by atoms with Crippen molar-refractivity contribution in [3.05, 3.63) is 36.0 Å². The number of carbonyl (C=O) groups is 9. The van der Waals surface area contributed by atoms with Gasteiger partial charge < -0.3 is 76.0 Å². The number of hydrogen-bond donors (Lipinski definition) is 16. The number of carboxylic acids is 1. The van der Waals surface area contributed by atoms with Crippen LogP contribution in [0.25, 0.3) is 10.9 Å². The fraction of sp³-hybridized carbons (Fsp3) is 0.571. The monoisotopic (exact) mass is 976 g/mol. The van der Waals surface area contributed by atoms with Crippen LogP contribution in [0, 0.1) is 0 Å². The molecule has 8 amide bonds. The van der Waals surface area contributed by atoms with Gasteiger partial charge in [0.15, 0.2) is 5.96 Å². The number of nitrogens with two attached hydrogens (primary N) is 5. The molecule has 0 aliphatic carbocycles. The Hall–Kier alpha value is -6.51. The number of nitrogens with one attached hydrogen (secondary N) is 9. The highest BCUT2D eigenvalue weighted by molar-refractivity contribution is 7.80. The molecule has 378 valence electrons. The van der Waals surface area contributed by atoms with E-state index in [4.69, 9.17) is 28.7 Å². The van der Waals surface area contributed by atoms with Crippen LogP contribution in [0.15, 0.2) is 35.5 Å². The van der Waals surface area contributed by atoms with E-state index >= 15 is 0 Å². The molecule has 1 heterocycles. The molecule has 1 aromatic carbocycles. The molecule has 0 spiro atoms. The molecule has 20 N–H and O–H groups in total. The lowest BCUT2D eigenvalue weighted by atomic mass is 10.0. The van der Waals surface area contributed by atoms with Crippen LogP contribution >= 0.6 is 12.6 Å². The van der Waals surface area contributed by atoms with E-state index < -0.39 is 96.0 Å². The lowest BCUT2D eigenvalue weighted by Crippen LogP contribution is -2.60. The van der Waals surface area contributed by atoms with Crippen LogP contribution in [-0.2, 0) is 49.6 Å². The number of primary amides is 1. The molecule has 2 aromatic rings. The summed E-state index contributed by atoms with van der Waals surface area (Å²) in [6, 6.07) is -1.79. The number of thiol groups is 1. The first-order valence-electron chi connectivity index (χ1n) is 22.2. The Balaban J connectivity index is 2.41.